The first kappa shape index (κ1) is 28.8. The van der Waals surface area contributed by atoms with Gasteiger partial charge in [-0.3, -0.25) is 24.1 Å². The molecule has 7 N–H and O–H groups in total. The lowest BCUT2D eigenvalue weighted by Gasteiger charge is -2.50. The molecule has 1 fully saturated rings. The fraction of sp³-hybridized carbons (Fsp3) is 0.258. The number of nitrogens with zero attached hydrogens (tertiary/aromatic N) is 2. The third-order valence-electron chi connectivity index (χ3n) is 8.70. The molecule has 3 aromatic rings. The van der Waals surface area contributed by atoms with E-state index >= 15 is 0 Å². The van der Waals surface area contributed by atoms with E-state index in [-0.39, 0.29) is 35.5 Å². The average molecular weight is 601 g/mol. The third-order valence-corrected chi connectivity index (χ3v) is 8.70. The summed E-state index contributed by atoms with van der Waals surface area (Å²) in [6.45, 7) is 0. The fourth-order valence-electron chi connectivity index (χ4n) is 6.80. The number of aliphatic hydroxyl groups is 3. The van der Waals surface area contributed by atoms with Crippen LogP contribution in [0.5, 0.6) is 5.75 Å². The molecule has 3 aliphatic rings. The van der Waals surface area contributed by atoms with Crippen molar-refractivity contribution in [3.8, 4) is 16.9 Å². The molecule has 1 heterocycles. The summed E-state index contributed by atoms with van der Waals surface area (Å²) in [6.07, 6.45) is 1.43. The normalized spacial score (nSPS) is 24.6. The van der Waals surface area contributed by atoms with E-state index in [1.54, 1.807) is 30.3 Å². The lowest BCUT2D eigenvalue weighted by molar-refractivity contribution is -0.153. The Balaban J connectivity index is 1.46. The number of likely N-dealkylation sites (N-methyl/N-ethyl adjacent to an activating group) is 1. The molecule has 1 saturated carbocycles. The summed E-state index contributed by atoms with van der Waals surface area (Å²) in [6, 6.07) is 10.1. The van der Waals surface area contributed by atoms with Crippen LogP contribution in [0, 0.1) is 11.8 Å². The molecule has 1 aromatic heterocycles. The average Bonchev–Trinajstić information content (AvgIpc) is 3.50. The van der Waals surface area contributed by atoms with Crippen molar-refractivity contribution < 1.29 is 44.1 Å². The number of phenolic OH excluding ortho intramolecular Hbond substituents is 1. The zero-order chi connectivity index (χ0) is 31.7. The Morgan fingerprint density at radius 1 is 1.11 bits per heavy atom. The number of carbonyl (C=O) groups excluding carboxylic acids is 4. The maximum atomic E-state index is 14.0. The van der Waals surface area contributed by atoms with Crippen molar-refractivity contribution in [2.75, 3.05) is 19.4 Å². The number of rotatable bonds is 5. The number of aromatic hydroxyl groups is 1. The summed E-state index contributed by atoms with van der Waals surface area (Å²) in [5.74, 6) is -7.67. The number of hydrogen-bond acceptors (Lipinski definition) is 11. The molecule has 0 unspecified atom stereocenters. The largest absolute Gasteiger partial charge is 0.508 e. The SMILES string of the molecule is CN(C)[C@H]1C(=O)C(C(N)=O)=C(O)[C@@]2(O)C(=O)C3=C(O)c4c(O)ccc(-c5cccc(NC(=O)c6ccno6)c5)c4C[C@@H]3C[C@@H]12. The lowest BCUT2D eigenvalue weighted by Crippen LogP contribution is -2.65. The minimum atomic E-state index is -2.71. The number of anilines is 1. The van der Waals surface area contributed by atoms with Gasteiger partial charge in [0, 0.05) is 23.2 Å². The molecular weight excluding hydrogens is 572 g/mol. The van der Waals surface area contributed by atoms with E-state index in [1.807, 2.05) is 0 Å². The molecule has 0 aliphatic heterocycles. The maximum absolute atomic E-state index is 14.0. The van der Waals surface area contributed by atoms with E-state index in [9.17, 15) is 39.6 Å². The molecule has 0 saturated heterocycles. The van der Waals surface area contributed by atoms with Crippen LogP contribution in [0.2, 0.25) is 0 Å². The van der Waals surface area contributed by atoms with Crippen molar-refractivity contribution in [2.24, 2.45) is 17.6 Å². The summed E-state index contributed by atoms with van der Waals surface area (Å²) in [4.78, 5) is 53.4. The fourth-order valence-corrected chi connectivity index (χ4v) is 6.80. The van der Waals surface area contributed by atoms with Gasteiger partial charge in [-0.05, 0) is 67.7 Å². The smallest absolute Gasteiger partial charge is 0.294 e. The van der Waals surface area contributed by atoms with Crippen molar-refractivity contribution in [3.05, 3.63) is 82.5 Å². The number of carbonyl (C=O) groups is 4. The van der Waals surface area contributed by atoms with Crippen LogP contribution in [0.3, 0.4) is 0 Å². The maximum Gasteiger partial charge on any atom is 0.294 e. The second-order valence-corrected chi connectivity index (χ2v) is 11.4. The Hall–Kier alpha value is -5.27. The number of nitrogens with one attached hydrogen (secondary N) is 1. The van der Waals surface area contributed by atoms with E-state index < -0.39 is 64.0 Å². The van der Waals surface area contributed by atoms with Crippen molar-refractivity contribution in [3.63, 3.8) is 0 Å². The number of Topliss-reactive ketones (excluding diaryl/α,β-unsaturated/α-hetero) is 2. The van der Waals surface area contributed by atoms with Crippen LogP contribution in [0.4, 0.5) is 5.69 Å². The predicted octanol–water partition coefficient (Wildman–Crippen LogP) is 1.87. The Bertz CT molecular complexity index is 1820. The van der Waals surface area contributed by atoms with Crippen LogP contribution in [0.25, 0.3) is 16.9 Å². The van der Waals surface area contributed by atoms with Gasteiger partial charge in [-0.1, -0.05) is 23.4 Å². The van der Waals surface area contributed by atoms with Gasteiger partial charge in [0.15, 0.2) is 11.4 Å². The molecule has 6 rings (SSSR count). The molecule has 3 aliphatic carbocycles. The zero-order valence-electron chi connectivity index (χ0n) is 23.6. The molecule has 44 heavy (non-hydrogen) atoms. The quantitative estimate of drug-likeness (QED) is 0.232. The van der Waals surface area contributed by atoms with Gasteiger partial charge in [-0.2, -0.15) is 0 Å². The van der Waals surface area contributed by atoms with E-state index in [0.29, 0.717) is 22.4 Å². The first-order chi connectivity index (χ1) is 20.9. The molecule has 0 radical (unpaired) electrons. The highest BCUT2D eigenvalue weighted by Gasteiger charge is 2.64. The molecular formula is C31H28N4O9. The van der Waals surface area contributed by atoms with Gasteiger partial charge < -0.3 is 36.0 Å². The number of fused-ring (bicyclic) bond motifs is 3. The summed E-state index contributed by atoms with van der Waals surface area (Å²) in [5.41, 5.74) is 3.66. The molecule has 2 aromatic carbocycles. The Morgan fingerprint density at radius 3 is 2.52 bits per heavy atom. The molecule has 13 nitrogen and oxygen atoms in total. The minimum absolute atomic E-state index is 0.0167. The molecule has 4 atom stereocenters. The van der Waals surface area contributed by atoms with Gasteiger partial charge in [0.05, 0.1) is 17.8 Å². The summed E-state index contributed by atoms with van der Waals surface area (Å²) < 4.78 is 4.91. The first-order valence-electron chi connectivity index (χ1n) is 13.7. The van der Waals surface area contributed by atoms with Gasteiger partial charge in [-0.25, -0.2) is 0 Å². The number of amides is 2. The second-order valence-electron chi connectivity index (χ2n) is 11.4. The second kappa shape index (κ2) is 10.2. The number of primary amides is 1. The van der Waals surface area contributed by atoms with Gasteiger partial charge in [0.1, 0.15) is 22.8 Å². The number of aromatic nitrogens is 1. The minimum Gasteiger partial charge on any atom is -0.508 e. The zero-order valence-corrected chi connectivity index (χ0v) is 23.6. The Kier molecular flexibility index (Phi) is 6.67. The summed E-state index contributed by atoms with van der Waals surface area (Å²) >= 11 is 0. The van der Waals surface area contributed by atoms with Crippen LogP contribution < -0.4 is 11.1 Å². The van der Waals surface area contributed by atoms with Crippen LogP contribution in [-0.2, 0) is 20.8 Å². The van der Waals surface area contributed by atoms with Crippen molar-refractivity contribution in [1.82, 2.24) is 10.1 Å². The highest BCUT2D eigenvalue weighted by Crippen LogP contribution is 2.53. The predicted molar refractivity (Wildman–Crippen MR) is 154 cm³/mol. The van der Waals surface area contributed by atoms with E-state index in [0.717, 1.165) is 0 Å². The van der Waals surface area contributed by atoms with Gasteiger partial charge >= 0.3 is 0 Å². The number of aliphatic hydroxyl groups excluding tert-OH is 2. The number of benzene rings is 2. The van der Waals surface area contributed by atoms with Crippen molar-refractivity contribution in [1.29, 1.82) is 0 Å². The molecule has 13 heteroatoms. The number of hydrogen-bond donors (Lipinski definition) is 6. The van der Waals surface area contributed by atoms with Crippen LogP contribution >= 0.6 is 0 Å². The molecule has 2 amide bonds. The lowest BCUT2D eigenvalue weighted by atomic mass is 9.57. The van der Waals surface area contributed by atoms with Crippen LogP contribution in [-0.4, -0.2) is 79.6 Å². The highest BCUT2D eigenvalue weighted by atomic mass is 16.5. The van der Waals surface area contributed by atoms with Gasteiger partial charge in [0.25, 0.3) is 11.8 Å². The summed E-state index contributed by atoms with van der Waals surface area (Å²) in [5, 5.41) is 51.4. The topological polar surface area (TPSA) is 217 Å². The van der Waals surface area contributed by atoms with E-state index in [1.165, 1.54) is 37.3 Å². The molecule has 226 valence electrons. The number of ketones is 2. The van der Waals surface area contributed by atoms with Crippen LogP contribution in [0.1, 0.15) is 28.1 Å². The Labute approximate surface area is 249 Å². The number of phenols is 1. The molecule has 0 spiro atoms. The van der Waals surface area contributed by atoms with Crippen LogP contribution in [0.15, 0.2) is 70.1 Å². The highest BCUT2D eigenvalue weighted by molar-refractivity contribution is 6.24. The van der Waals surface area contributed by atoms with E-state index in [2.05, 4.69) is 10.5 Å². The van der Waals surface area contributed by atoms with Gasteiger partial charge in [0.2, 0.25) is 11.5 Å². The Morgan fingerprint density at radius 2 is 1.86 bits per heavy atom. The third kappa shape index (κ3) is 4.12. The van der Waals surface area contributed by atoms with Crippen molar-refractivity contribution >= 4 is 34.8 Å². The monoisotopic (exact) mass is 600 g/mol. The van der Waals surface area contributed by atoms with Crippen molar-refractivity contribution in [2.45, 2.75) is 24.5 Å². The standard InChI is InChI=1S/C31H28N4O9/c1-35(2)24-18-12-14-11-17-16(13-4-3-5-15(10-13)34-30(42)20-8-9-33-44-20)6-7-19(36)22(17)25(37)21(14)27(39)31(18,43)28(40)23(26(24)38)29(32)41/h3-10,14,18,24,36-37,40,43H,11-12H2,1-2H3,(H2,32,41)(H,34,42)/t14-,18+,24-,31+/m1/s1. The van der Waals surface area contributed by atoms with Gasteiger partial charge in [-0.15, -0.1) is 0 Å². The van der Waals surface area contributed by atoms with E-state index in [4.69, 9.17) is 10.3 Å². The summed E-state index contributed by atoms with van der Waals surface area (Å²) in [7, 11) is 3.08. The number of nitrogens with two attached hydrogens (primary N) is 1. The molecule has 0 bridgehead atoms. The first-order valence-corrected chi connectivity index (χ1v) is 13.7.